The molecule has 0 amide bonds. The van der Waals surface area contributed by atoms with Crippen LogP contribution in [0.3, 0.4) is 0 Å². The molecule has 0 radical (unpaired) electrons. The van der Waals surface area contributed by atoms with Gasteiger partial charge in [0.1, 0.15) is 5.75 Å². The second-order valence-electron chi connectivity index (χ2n) is 5.49. The Morgan fingerprint density at radius 1 is 1.14 bits per heavy atom. The number of hydrogen-bond acceptors (Lipinski definition) is 3. The summed E-state index contributed by atoms with van der Waals surface area (Å²) in [5, 5.41) is 14.1. The van der Waals surface area contributed by atoms with Crippen LogP contribution in [-0.4, -0.2) is 19.2 Å². The van der Waals surface area contributed by atoms with Crippen molar-refractivity contribution < 1.29 is 5.11 Å². The largest absolute Gasteiger partial charge is 0.508 e. The Kier molecular flexibility index (Phi) is 4.63. The topological polar surface area (TPSA) is 35.5 Å². The third kappa shape index (κ3) is 3.61. The molecule has 0 saturated heterocycles. The van der Waals surface area contributed by atoms with Crippen LogP contribution in [0.15, 0.2) is 36.4 Å². The molecule has 0 aliphatic carbocycles. The van der Waals surface area contributed by atoms with Crippen molar-refractivity contribution in [3.63, 3.8) is 0 Å². The maximum Gasteiger partial charge on any atom is 0.120 e. The lowest BCUT2D eigenvalue weighted by Gasteiger charge is -2.20. The van der Waals surface area contributed by atoms with E-state index in [9.17, 15) is 5.11 Å². The van der Waals surface area contributed by atoms with Crippen LogP contribution < -0.4 is 10.2 Å². The molecule has 2 rings (SSSR count). The average molecular weight is 305 g/mol. The molecule has 0 aliphatic rings. The van der Waals surface area contributed by atoms with E-state index < -0.39 is 0 Å². The van der Waals surface area contributed by atoms with Gasteiger partial charge in [0.25, 0.3) is 0 Å². The van der Waals surface area contributed by atoms with Gasteiger partial charge in [-0.15, -0.1) is 0 Å². The molecule has 21 heavy (non-hydrogen) atoms. The lowest BCUT2D eigenvalue weighted by molar-refractivity contribution is 0.465. The van der Waals surface area contributed by atoms with Crippen molar-refractivity contribution in [2.45, 2.75) is 19.9 Å². The molecule has 2 aromatic carbocycles. The monoisotopic (exact) mass is 304 g/mol. The number of halogens is 1. The quantitative estimate of drug-likeness (QED) is 0.867. The van der Waals surface area contributed by atoms with Crippen LogP contribution in [0.25, 0.3) is 0 Å². The predicted molar refractivity (Wildman–Crippen MR) is 90.7 cm³/mol. The first-order valence-corrected chi connectivity index (χ1v) is 7.29. The van der Waals surface area contributed by atoms with E-state index in [-0.39, 0.29) is 6.04 Å². The summed E-state index contributed by atoms with van der Waals surface area (Å²) < 4.78 is 0. The molecular weight excluding hydrogens is 284 g/mol. The third-order valence-electron chi connectivity index (χ3n) is 3.46. The minimum atomic E-state index is -0.00817. The van der Waals surface area contributed by atoms with Gasteiger partial charge in [0.05, 0.1) is 16.8 Å². The van der Waals surface area contributed by atoms with Gasteiger partial charge >= 0.3 is 0 Å². The van der Waals surface area contributed by atoms with Gasteiger partial charge in [0.2, 0.25) is 0 Å². The fraction of sp³-hybridized carbons (Fsp3) is 0.294. The number of aryl methyl sites for hydroxylation is 1. The summed E-state index contributed by atoms with van der Waals surface area (Å²) in [5.74, 6) is 0.302. The van der Waals surface area contributed by atoms with Gasteiger partial charge < -0.3 is 15.3 Å². The van der Waals surface area contributed by atoms with Crippen LogP contribution in [0.4, 0.5) is 11.4 Å². The van der Waals surface area contributed by atoms with Gasteiger partial charge in [-0.05, 0) is 38.1 Å². The van der Waals surface area contributed by atoms with Crippen LogP contribution in [0.1, 0.15) is 24.1 Å². The highest BCUT2D eigenvalue weighted by Gasteiger charge is 2.11. The van der Waals surface area contributed by atoms with E-state index in [0.717, 1.165) is 22.5 Å². The zero-order valence-electron chi connectivity index (χ0n) is 12.8. The van der Waals surface area contributed by atoms with Gasteiger partial charge in [-0.3, -0.25) is 0 Å². The smallest absolute Gasteiger partial charge is 0.120 e. The Labute approximate surface area is 131 Å². The highest BCUT2D eigenvalue weighted by atomic mass is 35.5. The summed E-state index contributed by atoms with van der Waals surface area (Å²) >= 11 is 6.28. The first kappa shape index (κ1) is 15.5. The highest BCUT2D eigenvalue weighted by molar-refractivity contribution is 6.33. The maximum atomic E-state index is 9.98. The summed E-state index contributed by atoms with van der Waals surface area (Å²) in [5.41, 5.74) is 3.91. The van der Waals surface area contributed by atoms with Crippen molar-refractivity contribution in [3.8, 4) is 5.75 Å². The number of phenolic OH excluding ortho intramolecular Hbond substituents is 1. The molecule has 0 aromatic heterocycles. The number of anilines is 2. The second-order valence-corrected chi connectivity index (χ2v) is 5.90. The van der Waals surface area contributed by atoms with Crippen molar-refractivity contribution in [3.05, 3.63) is 52.5 Å². The van der Waals surface area contributed by atoms with Crippen molar-refractivity contribution >= 4 is 23.0 Å². The lowest BCUT2D eigenvalue weighted by Crippen LogP contribution is -2.10. The zero-order chi connectivity index (χ0) is 15.6. The predicted octanol–water partition coefficient (Wildman–Crippen LogP) is 4.59. The molecule has 0 heterocycles. The minimum Gasteiger partial charge on any atom is -0.508 e. The SMILES string of the molecule is Cc1ccc(O)c(C(C)Nc2ccc(N(C)C)c(Cl)c2)c1. The molecule has 1 unspecified atom stereocenters. The molecule has 0 saturated carbocycles. The standard InChI is InChI=1S/C17H21ClN2O/c1-11-5-8-17(21)14(9-11)12(2)19-13-6-7-16(20(3)4)15(18)10-13/h5-10,12,19,21H,1-4H3. The average Bonchev–Trinajstić information content (AvgIpc) is 2.41. The Morgan fingerprint density at radius 2 is 1.86 bits per heavy atom. The molecule has 2 N–H and O–H groups in total. The van der Waals surface area contributed by atoms with Crippen molar-refractivity contribution in [2.75, 3.05) is 24.3 Å². The molecule has 0 fully saturated rings. The number of rotatable bonds is 4. The van der Waals surface area contributed by atoms with E-state index >= 15 is 0 Å². The number of nitrogens with one attached hydrogen (secondary N) is 1. The highest BCUT2D eigenvalue weighted by Crippen LogP contribution is 2.31. The van der Waals surface area contributed by atoms with Gasteiger partial charge in [-0.1, -0.05) is 29.3 Å². The summed E-state index contributed by atoms with van der Waals surface area (Å²) in [6.45, 7) is 4.03. The maximum absolute atomic E-state index is 9.98. The van der Waals surface area contributed by atoms with E-state index in [4.69, 9.17) is 11.6 Å². The number of aromatic hydroxyl groups is 1. The summed E-state index contributed by atoms with van der Waals surface area (Å²) in [6, 6.07) is 11.5. The molecule has 2 aromatic rings. The molecular formula is C17H21ClN2O. The van der Waals surface area contributed by atoms with Gasteiger partial charge in [0.15, 0.2) is 0 Å². The van der Waals surface area contributed by atoms with E-state index in [0.29, 0.717) is 10.8 Å². The van der Waals surface area contributed by atoms with E-state index in [1.54, 1.807) is 6.07 Å². The number of hydrogen-bond donors (Lipinski definition) is 2. The molecule has 3 nitrogen and oxygen atoms in total. The van der Waals surface area contributed by atoms with Crippen LogP contribution in [0, 0.1) is 6.92 Å². The molecule has 4 heteroatoms. The molecule has 0 spiro atoms. The number of benzene rings is 2. The summed E-state index contributed by atoms with van der Waals surface area (Å²) in [4.78, 5) is 1.97. The lowest BCUT2D eigenvalue weighted by atomic mass is 10.0. The number of nitrogens with zero attached hydrogens (tertiary/aromatic N) is 1. The Hall–Kier alpha value is -1.87. The second kappa shape index (κ2) is 6.27. The minimum absolute atomic E-state index is 0.00817. The fourth-order valence-electron chi connectivity index (χ4n) is 2.31. The van der Waals surface area contributed by atoms with Crippen molar-refractivity contribution in [1.82, 2.24) is 0 Å². The summed E-state index contributed by atoms with van der Waals surface area (Å²) in [7, 11) is 3.92. The van der Waals surface area contributed by atoms with E-state index in [2.05, 4.69) is 5.32 Å². The van der Waals surface area contributed by atoms with Gasteiger partial charge in [-0.2, -0.15) is 0 Å². The van der Waals surface area contributed by atoms with Crippen LogP contribution in [-0.2, 0) is 0 Å². The third-order valence-corrected chi connectivity index (χ3v) is 3.76. The fourth-order valence-corrected chi connectivity index (χ4v) is 2.66. The molecule has 112 valence electrons. The normalized spacial score (nSPS) is 12.0. The first-order chi connectivity index (χ1) is 9.88. The Morgan fingerprint density at radius 3 is 2.48 bits per heavy atom. The van der Waals surface area contributed by atoms with E-state index in [1.165, 1.54) is 0 Å². The van der Waals surface area contributed by atoms with Crippen molar-refractivity contribution in [1.29, 1.82) is 0 Å². The molecule has 1 atom stereocenters. The molecule has 0 aliphatic heterocycles. The van der Waals surface area contributed by atoms with Gasteiger partial charge in [0, 0.05) is 25.3 Å². The Bertz CT molecular complexity index is 641. The van der Waals surface area contributed by atoms with Crippen LogP contribution >= 0.6 is 11.6 Å². The zero-order valence-corrected chi connectivity index (χ0v) is 13.6. The van der Waals surface area contributed by atoms with Crippen molar-refractivity contribution in [2.24, 2.45) is 0 Å². The molecule has 0 bridgehead atoms. The summed E-state index contributed by atoms with van der Waals surface area (Å²) in [6.07, 6.45) is 0. The number of phenols is 1. The Balaban J connectivity index is 2.21. The van der Waals surface area contributed by atoms with Crippen LogP contribution in [0.2, 0.25) is 5.02 Å². The van der Waals surface area contributed by atoms with Crippen LogP contribution in [0.5, 0.6) is 5.75 Å². The van der Waals surface area contributed by atoms with Gasteiger partial charge in [-0.25, -0.2) is 0 Å². The first-order valence-electron chi connectivity index (χ1n) is 6.91. The van der Waals surface area contributed by atoms with E-state index in [1.807, 2.05) is 63.2 Å².